The van der Waals surface area contributed by atoms with Crippen LogP contribution in [0.15, 0.2) is 28.9 Å². The van der Waals surface area contributed by atoms with Crippen molar-refractivity contribution in [2.24, 2.45) is 0 Å². The van der Waals surface area contributed by atoms with Gasteiger partial charge in [-0.15, -0.1) is 0 Å². The van der Waals surface area contributed by atoms with Gasteiger partial charge in [-0.1, -0.05) is 27.5 Å². The van der Waals surface area contributed by atoms with Gasteiger partial charge in [0.2, 0.25) is 5.91 Å². The van der Waals surface area contributed by atoms with Crippen LogP contribution >= 0.6 is 27.5 Å². The molecule has 0 radical (unpaired) electrons. The number of aromatic nitrogens is 1. The van der Waals surface area contributed by atoms with E-state index in [9.17, 15) is 18.0 Å². The number of rotatable bonds is 4. The topological polar surface area (TPSA) is 54.0 Å². The first-order valence-electron chi connectivity index (χ1n) is 6.07. The van der Waals surface area contributed by atoms with Crippen molar-refractivity contribution < 1.29 is 18.0 Å². The quantitative estimate of drug-likeness (QED) is 0.828. The van der Waals surface area contributed by atoms with Crippen molar-refractivity contribution in [3.63, 3.8) is 0 Å². The summed E-state index contributed by atoms with van der Waals surface area (Å²) in [6.45, 7) is -1.65. The number of anilines is 1. The molecule has 0 bridgehead atoms. The molecule has 1 amide bonds. The number of carbonyl (C=O) groups is 1. The first-order chi connectivity index (χ1) is 10.3. The molecule has 2 N–H and O–H groups in total. The fourth-order valence-electron chi connectivity index (χ4n) is 1.77. The Labute approximate surface area is 137 Å². The Morgan fingerprint density at radius 1 is 1.36 bits per heavy atom. The molecule has 22 heavy (non-hydrogen) atoms. The summed E-state index contributed by atoms with van der Waals surface area (Å²) in [5, 5.41) is 5.65. The molecule has 0 fully saturated rings. The van der Waals surface area contributed by atoms with E-state index >= 15 is 0 Å². The second-order valence-electron chi connectivity index (χ2n) is 4.39. The van der Waals surface area contributed by atoms with Gasteiger partial charge in [0.05, 0.1) is 17.1 Å². The number of amides is 1. The van der Waals surface area contributed by atoms with Gasteiger partial charge in [-0.05, 0) is 18.2 Å². The van der Waals surface area contributed by atoms with Crippen LogP contribution in [0.4, 0.5) is 18.9 Å². The molecule has 0 spiro atoms. The molecule has 4 nitrogen and oxygen atoms in total. The highest BCUT2D eigenvalue weighted by Crippen LogP contribution is 2.30. The fourth-order valence-corrected chi connectivity index (χ4v) is 2.63. The number of hydrogen-bond donors (Lipinski definition) is 2. The van der Waals surface area contributed by atoms with Gasteiger partial charge in [0, 0.05) is 21.7 Å². The first-order valence-corrected chi connectivity index (χ1v) is 7.24. The summed E-state index contributed by atoms with van der Waals surface area (Å²) >= 11 is 9.37. The Morgan fingerprint density at radius 2 is 2.09 bits per heavy atom. The number of carbonyl (C=O) groups excluding carboxylic acids is 1. The van der Waals surface area contributed by atoms with Crippen LogP contribution in [0.5, 0.6) is 0 Å². The van der Waals surface area contributed by atoms with Crippen LogP contribution in [0.25, 0.3) is 10.9 Å². The van der Waals surface area contributed by atoms with E-state index in [2.05, 4.69) is 26.2 Å². The van der Waals surface area contributed by atoms with Gasteiger partial charge < -0.3 is 10.6 Å². The molecule has 0 saturated carbocycles. The molecule has 0 aliphatic carbocycles. The Balaban J connectivity index is 2.11. The van der Waals surface area contributed by atoms with E-state index in [1.165, 1.54) is 6.20 Å². The number of fused-ring (bicyclic) bond motifs is 1. The molecule has 0 aliphatic rings. The molecule has 2 aromatic rings. The lowest BCUT2D eigenvalue weighted by Crippen LogP contribution is -2.37. The Morgan fingerprint density at radius 3 is 2.77 bits per heavy atom. The molecule has 0 aliphatic heterocycles. The van der Waals surface area contributed by atoms with Crippen LogP contribution < -0.4 is 10.6 Å². The van der Waals surface area contributed by atoms with Gasteiger partial charge in [0.15, 0.2) is 0 Å². The molecule has 0 saturated heterocycles. The zero-order valence-corrected chi connectivity index (χ0v) is 13.3. The van der Waals surface area contributed by atoms with Crippen molar-refractivity contribution in [3.8, 4) is 0 Å². The molecule has 118 valence electrons. The van der Waals surface area contributed by atoms with Crippen molar-refractivity contribution >= 4 is 50.0 Å². The molecule has 0 atom stereocenters. The van der Waals surface area contributed by atoms with Crippen molar-refractivity contribution in [1.29, 1.82) is 0 Å². The standard InChI is InChI=1S/C13H10BrClF3N3O/c14-7-3-8-10(1-2-19-12(8)9(15)4-7)20-5-11(22)21-6-13(16,17)18/h1-4H,5-6H2,(H,19,20)(H,21,22). The highest BCUT2D eigenvalue weighted by molar-refractivity contribution is 9.10. The molecule has 9 heteroatoms. The fraction of sp³-hybridized carbons (Fsp3) is 0.231. The monoisotopic (exact) mass is 395 g/mol. The minimum absolute atomic E-state index is 0.292. The summed E-state index contributed by atoms with van der Waals surface area (Å²) in [5.41, 5.74) is 1.08. The van der Waals surface area contributed by atoms with Crippen LogP contribution in [-0.2, 0) is 4.79 Å². The minimum Gasteiger partial charge on any atom is -0.376 e. The third-order valence-corrected chi connectivity index (χ3v) is 3.43. The van der Waals surface area contributed by atoms with Gasteiger partial charge in [0.1, 0.15) is 6.54 Å². The number of alkyl halides is 3. The maximum Gasteiger partial charge on any atom is 0.405 e. The molecule has 1 aromatic heterocycles. The van der Waals surface area contributed by atoms with Crippen LogP contribution in [0, 0.1) is 0 Å². The van der Waals surface area contributed by atoms with Gasteiger partial charge in [-0.25, -0.2) is 0 Å². The maximum atomic E-state index is 12.0. The van der Waals surface area contributed by atoms with Gasteiger partial charge in [-0.3, -0.25) is 9.78 Å². The van der Waals surface area contributed by atoms with E-state index in [0.29, 0.717) is 21.6 Å². The van der Waals surface area contributed by atoms with E-state index in [0.717, 1.165) is 4.47 Å². The van der Waals surface area contributed by atoms with Crippen molar-refractivity contribution in [1.82, 2.24) is 10.3 Å². The lowest BCUT2D eigenvalue weighted by Gasteiger charge is -2.12. The third kappa shape index (κ3) is 4.48. The van der Waals surface area contributed by atoms with Gasteiger partial charge in [0.25, 0.3) is 0 Å². The maximum absolute atomic E-state index is 12.0. The van der Waals surface area contributed by atoms with Gasteiger partial charge >= 0.3 is 6.18 Å². The lowest BCUT2D eigenvalue weighted by molar-refractivity contribution is -0.137. The Bertz CT molecular complexity index is 709. The summed E-state index contributed by atoms with van der Waals surface area (Å²) in [4.78, 5) is 15.5. The number of benzene rings is 1. The molecule has 2 rings (SSSR count). The molecular weight excluding hydrogens is 387 g/mol. The summed E-state index contributed by atoms with van der Waals surface area (Å²) in [5.74, 6) is -0.761. The SMILES string of the molecule is O=C(CNc1ccnc2c(Cl)cc(Br)cc12)NCC(F)(F)F. The number of nitrogens with one attached hydrogen (secondary N) is 2. The predicted molar refractivity (Wildman–Crippen MR) is 82.0 cm³/mol. The molecule has 1 aromatic carbocycles. The highest BCUT2D eigenvalue weighted by atomic mass is 79.9. The van der Waals surface area contributed by atoms with Crippen molar-refractivity contribution in [2.75, 3.05) is 18.4 Å². The molecule has 0 unspecified atom stereocenters. The van der Waals surface area contributed by atoms with Crippen LogP contribution in [0.1, 0.15) is 0 Å². The lowest BCUT2D eigenvalue weighted by atomic mass is 10.2. The zero-order chi connectivity index (χ0) is 16.3. The van der Waals surface area contributed by atoms with Crippen LogP contribution in [0.2, 0.25) is 5.02 Å². The van der Waals surface area contributed by atoms with E-state index in [4.69, 9.17) is 11.6 Å². The number of hydrogen-bond acceptors (Lipinski definition) is 3. The third-order valence-electron chi connectivity index (χ3n) is 2.69. The second-order valence-corrected chi connectivity index (χ2v) is 5.71. The number of pyridine rings is 1. The largest absolute Gasteiger partial charge is 0.405 e. The smallest absolute Gasteiger partial charge is 0.376 e. The minimum atomic E-state index is -4.43. The first kappa shape index (κ1) is 16.8. The number of halogens is 5. The Kier molecular flexibility index (Phi) is 5.12. The second kappa shape index (κ2) is 6.70. The number of nitrogens with zero attached hydrogens (tertiary/aromatic N) is 1. The summed E-state index contributed by atoms with van der Waals surface area (Å²) in [6.07, 6.45) is -2.94. The van der Waals surface area contributed by atoms with E-state index in [1.54, 1.807) is 23.5 Å². The normalized spacial score (nSPS) is 11.5. The highest BCUT2D eigenvalue weighted by Gasteiger charge is 2.27. The molecule has 1 heterocycles. The van der Waals surface area contributed by atoms with Crippen LogP contribution in [-0.4, -0.2) is 30.2 Å². The van der Waals surface area contributed by atoms with Crippen molar-refractivity contribution in [2.45, 2.75) is 6.18 Å². The van der Waals surface area contributed by atoms with E-state index in [1.807, 2.05) is 0 Å². The Hall–Kier alpha value is -1.54. The zero-order valence-electron chi connectivity index (χ0n) is 11.0. The summed E-state index contributed by atoms with van der Waals surface area (Å²) in [6, 6.07) is 5.04. The van der Waals surface area contributed by atoms with Crippen molar-refractivity contribution in [3.05, 3.63) is 33.9 Å². The summed E-state index contributed by atoms with van der Waals surface area (Å²) < 4.78 is 36.8. The molecular formula is C13H10BrClF3N3O. The summed E-state index contributed by atoms with van der Waals surface area (Å²) in [7, 11) is 0. The predicted octanol–water partition coefficient (Wildman–Crippen LogP) is 3.74. The average molecular weight is 397 g/mol. The van der Waals surface area contributed by atoms with Crippen LogP contribution in [0.3, 0.4) is 0 Å². The average Bonchev–Trinajstić information content (AvgIpc) is 2.42. The van der Waals surface area contributed by atoms with Gasteiger partial charge in [-0.2, -0.15) is 13.2 Å². The van der Waals surface area contributed by atoms with E-state index in [-0.39, 0.29) is 6.54 Å². The van der Waals surface area contributed by atoms with E-state index < -0.39 is 18.6 Å².